The van der Waals surface area contributed by atoms with Crippen molar-refractivity contribution in [3.63, 3.8) is 0 Å². The Morgan fingerprint density at radius 2 is 1.42 bits per heavy atom. The largest absolute Gasteiger partial charge is 0.507 e. The van der Waals surface area contributed by atoms with E-state index in [2.05, 4.69) is 0 Å². The van der Waals surface area contributed by atoms with E-state index in [-0.39, 0.29) is 34.9 Å². The van der Waals surface area contributed by atoms with Crippen molar-refractivity contribution in [3.8, 4) is 17.2 Å². The first-order valence-electron chi connectivity index (χ1n) is 11.6. The molecule has 0 saturated carbocycles. The zero-order chi connectivity index (χ0) is 24.9. The molecule has 0 fully saturated rings. The normalized spacial score (nSPS) is 18.4. The van der Waals surface area contributed by atoms with E-state index in [4.69, 9.17) is 9.47 Å². The molecule has 2 aliphatic heterocycles. The highest BCUT2D eigenvalue weighted by atomic mass is 19.1. The summed E-state index contributed by atoms with van der Waals surface area (Å²) in [4.78, 5) is 15.7. The van der Waals surface area contributed by atoms with E-state index >= 15 is 4.39 Å². The Morgan fingerprint density at radius 1 is 0.833 bits per heavy atom. The number of phenolic OH excluding ortho intramolecular Hbond substituents is 1. The molecule has 1 unspecified atom stereocenters. The lowest BCUT2D eigenvalue weighted by Crippen LogP contribution is -2.43. The minimum absolute atomic E-state index is 0.175. The Labute approximate surface area is 206 Å². The number of halogens is 1. The molecule has 2 aliphatic rings. The number of aromatic hydroxyl groups is 1. The predicted octanol–water partition coefficient (Wildman–Crippen LogP) is 4.67. The smallest absolute Gasteiger partial charge is 0.269 e. The molecule has 0 radical (unpaired) electrons. The van der Waals surface area contributed by atoms with Gasteiger partial charge in [-0.25, -0.2) is 4.39 Å². The van der Waals surface area contributed by atoms with Crippen LogP contribution in [0.2, 0.25) is 0 Å². The van der Waals surface area contributed by atoms with Crippen LogP contribution in [-0.4, -0.2) is 29.3 Å². The Bertz CT molecular complexity index is 1420. The fourth-order valence-electron chi connectivity index (χ4n) is 5.10. The van der Waals surface area contributed by atoms with Crippen LogP contribution in [0.15, 0.2) is 91.0 Å². The van der Waals surface area contributed by atoms with Crippen LogP contribution in [0.5, 0.6) is 17.2 Å². The Morgan fingerprint density at radius 3 is 2.03 bits per heavy atom. The molecule has 7 heteroatoms. The van der Waals surface area contributed by atoms with Crippen molar-refractivity contribution >= 4 is 11.6 Å². The van der Waals surface area contributed by atoms with Crippen LogP contribution < -0.4 is 14.4 Å². The third-order valence-corrected chi connectivity index (χ3v) is 6.68. The molecule has 1 amide bonds. The topological polar surface area (TPSA) is 79.2 Å². The first-order valence-corrected chi connectivity index (χ1v) is 11.6. The summed E-state index contributed by atoms with van der Waals surface area (Å²) in [7, 11) is 0. The summed E-state index contributed by atoms with van der Waals surface area (Å²) in [5, 5.41) is 23.0. The fraction of sp³-hybridized carbons (Fsp3) is 0.138. The van der Waals surface area contributed by atoms with Gasteiger partial charge >= 0.3 is 0 Å². The number of fused-ring (bicyclic) bond motifs is 2. The van der Waals surface area contributed by atoms with E-state index in [9.17, 15) is 15.0 Å². The maximum Gasteiger partial charge on any atom is 0.269 e. The molecular weight excluding hydrogens is 461 g/mol. The van der Waals surface area contributed by atoms with Crippen LogP contribution in [0, 0.1) is 5.82 Å². The van der Waals surface area contributed by atoms with Crippen LogP contribution in [0.3, 0.4) is 0 Å². The lowest BCUT2D eigenvalue weighted by molar-refractivity contribution is -0.132. The van der Waals surface area contributed by atoms with E-state index in [1.54, 1.807) is 6.07 Å². The highest BCUT2D eigenvalue weighted by Crippen LogP contribution is 2.53. The number of anilines is 1. The molecular formula is C29H22FNO5. The zero-order valence-corrected chi connectivity index (χ0v) is 19.1. The maximum absolute atomic E-state index is 15.5. The molecule has 0 aromatic heterocycles. The van der Waals surface area contributed by atoms with Gasteiger partial charge in [-0.05, 0) is 29.3 Å². The third kappa shape index (κ3) is 3.24. The molecule has 4 aromatic rings. The van der Waals surface area contributed by atoms with Crippen LogP contribution in [0.1, 0.15) is 28.3 Å². The number of rotatable bonds is 4. The number of nitrogens with zero attached hydrogens (tertiary/aromatic N) is 1. The summed E-state index contributed by atoms with van der Waals surface area (Å²) in [6.07, 6.45) is 0. The summed E-state index contributed by atoms with van der Waals surface area (Å²) in [5.41, 5.74) is -1.12. The Balaban J connectivity index is 1.60. The quantitative estimate of drug-likeness (QED) is 0.441. The number of phenols is 1. The van der Waals surface area contributed by atoms with Crippen LogP contribution >= 0.6 is 0 Å². The van der Waals surface area contributed by atoms with E-state index < -0.39 is 29.1 Å². The Hall–Kier alpha value is -4.36. The van der Waals surface area contributed by atoms with Gasteiger partial charge in [0.1, 0.15) is 24.8 Å². The van der Waals surface area contributed by atoms with Crippen LogP contribution in [-0.2, 0) is 10.4 Å². The van der Waals surface area contributed by atoms with E-state index in [0.717, 1.165) is 11.1 Å². The minimum Gasteiger partial charge on any atom is -0.507 e. The molecule has 36 heavy (non-hydrogen) atoms. The van der Waals surface area contributed by atoms with Gasteiger partial charge in [0, 0.05) is 11.6 Å². The van der Waals surface area contributed by atoms with Crippen molar-refractivity contribution in [1.82, 2.24) is 0 Å². The number of carbonyl (C=O) groups is 1. The zero-order valence-electron chi connectivity index (χ0n) is 19.1. The van der Waals surface area contributed by atoms with Crippen molar-refractivity contribution in [2.45, 2.75) is 11.6 Å². The van der Waals surface area contributed by atoms with Gasteiger partial charge in [-0.2, -0.15) is 0 Å². The van der Waals surface area contributed by atoms with Crippen molar-refractivity contribution in [1.29, 1.82) is 0 Å². The predicted molar refractivity (Wildman–Crippen MR) is 131 cm³/mol. The van der Waals surface area contributed by atoms with Gasteiger partial charge in [0.05, 0.1) is 17.3 Å². The highest BCUT2D eigenvalue weighted by molar-refractivity contribution is 6.10. The number of amides is 1. The van der Waals surface area contributed by atoms with Gasteiger partial charge in [0.15, 0.2) is 11.5 Å². The lowest BCUT2D eigenvalue weighted by Gasteiger charge is -2.31. The molecule has 0 bridgehead atoms. The molecule has 1 atom stereocenters. The molecule has 4 aromatic carbocycles. The average molecular weight is 483 g/mol. The second-order valence-electron chi connectivity index (χ2n) is 8.76. The van der Waals surface area contributed by atoms with E-state index in [0.29, 0.717) is 6.61 Å². The van der Waals surface area contributed by atoms with Gasteiger partial charge < -0.3 is 19.7 Å². The molecule has 2 N–H and O–H groups in total. The van der Waals surface area contributed by atoms with Crippen molar-refractivity contribution in [2.75, 3.05) is 18.1 Å². The first kappa shape index (κ1) is 22.1. The second-order valence-corrected chi connectivity index (χ2v) is 8.76. The molecule has 180 valence electrons. The molecule has 0 spiro atoms. The molecule has 6 nitrogen and oxygen atoms in total. The van der Waals surface area contributed by atoms with Crippen molar-refractivity contribution < 1.29 is 28.9 Å². The van der Waals surface area contributed by atoms with Gasteiger partial charge in [-0.1, -0.05) is 66.7 Å². The second kappa shape index (κ2) is 8.39. The first-order chi connectivity index (χ1) is 17.5. The summed E-state index contributed by atoms with van der Waals surface area (Å²) in [6, 6.07) is 24.9. The van der Waals surface area contributed by atoms with Crippen molar-refractivity contribution in [3.05, 3.63) is 119 Å². The Kier molecular flexibility index (Phi) is 5.16. The summed E-state index contributed by atoms with van der Waals surface area (Å²) in [6.45, 7) is 0.570. The number of hydrogen-bond donors (Lipinski definition) is 2. The summed E-state index contributed by atoms with van der Waals surface area (Å²) < 4.78 is 26.6. The number of benzene rings is 4. The standard InChI is InChI=1S/C29H22FNO5/c30-21-12-7-13-22-26(21)29(34,20-16-24-25(17-23(20)32)36-15-14-35-24)28(33)31(22)27(18-8-3-1-4-9-18)19-10-5-2-6-11-19/h1-13,16-17,27,32,34H,14-15H2. The fourth-order valence-corrected chi connectivity index (χ4v) is 5.10. The van der Waals surface area contributed by atoms with Gasteiger partial charge in [-0.3, -0.25) is 9.69 Å². The highest BCUT2D eigenvalue weighted by Gasteiger charge is 2.56. The van der Waals surface area contributed by atoms with E-state index in [1.165, 1.54) is 29.2 Å². The number of carbonyl (C=O) groups excluding carboxylic acids is 1. The maximum atomic E-state index is 15.5. The molecule has 0 saturated heterocycles. The summed E-state index contributed by atoms with van der Waals surface area (Å²) >= 11 is 0. The number of hydrogen-bond acceptors (Lipinski definition) is 5. The third-order valence-electron chi connectivity index (χ3n) is 6.68. The monoisotopic (exact) mass is 483 g/mol. The van der Waals surface area contributed by atoms with Gasteiger partial charge in [0.2, 0.25) is 5.60 Å². The molecule has 0 aliphatic carbocycles. The number of aliphatic hydroxyl groups is 1. The lowest BCUT2D eigenvalue weighted by atomic mass is 9.86. The van der Waals surface area contributed by atoms with Crippen LogP contribution in [0.25, 0.3) is 0 Å². The van der Waals surface area contributed by atoms with E-state index in [1.807, 2.05) is 60.7 Å². The summed E-state index contributed by atoms with van der Waals surface area (Å²) in [5.74, 6) is -1.41. The van der Waals surface area contributed by atoms with Gasteiger partial charge in [0.25, 0.3) is 5.91 Å². The molecule has 2 heterocycles. The van der Waals surface area contributed by atoms with Crippen LogP contribution in [0.4, 0.5) is 10.1 Å². The SMILES string of the molecule is O=C1N(C(c2ccccc2)c2ccccc2)c2cccc(F)c2C1(O)c1cc2c(cc1O)OCCO2. The molecule has 6 rings (SSSR count). The van der Waals surface area contributed by atoms with Crippen molar-refractivity contribution in [2.24, 2.45) is 0 Å². The average Bonchev–Trinajstić information content (AvgIpc) is 3.13. The number of ether oxygens (including phenoxy) is 2. The van der Waals surface area contributed by atoms with Gasteiger partial charge in [-0.15, -0.1) is 0 Å². The minimum atomic E-state index is -2.50.